The van der Waals surface area contributed by atoms with Crippen LogP contribution >= 0.6 is 0 Å². The molecule has 0 atom stereocenters. The summed E-state index contributed by atoms with van der Waals surface area (Å²) < 4.78 is 32.9. The first kappa shape index (κ1) is 13.7. The van der Waals surface area contributed by atoms with Crippen molar-refractivity contribution in [2.24, 2.45) is 0 Å². The Hall–Kier alpha value is -2.36. The maximum Gasteiger partial charge on any atom is 0.387 e. The lowest BCUT2D eigenvalue weighted by atomic mass is 10.1. The molecule has 0 aliphatic carbocycles. The molecule has 0 aliphatic rings. The molecule has 0 bridgehead atoms. The van der Waals surface area contributed by atoms with E-state index < -0.39 is 12.6 Å². The number of alkyl halides is 2. The van der Waals surface area contributed by atoms with E-state index in [1.54, 1.807) is 6.07 Å². The molecule has 0 amide bonds. The number of esters is 1. The third-order valence-electron chi connectivity index (χ3n) is 2.14. The van der Waals surface area contributed by atoms with E-state index in [2.05, 4.69) is 9.47 Å². The van der Waals surface area contributed by atoms with Crippen molar-refractivity contribution in [1.82, 2.24) is 0 Å². The van der Waals surface area contributed by atoms with Crippen LogP contribution in [0.2, 0.25) is 0 Å². The van der Waals surface area contributed by atoms with Crippen LogP contribution in [0.3, 0.4) is 0 Å². The second-order valence-corrected chi connectivity index (χ2v) is 3.29. The minimum absolute atomic E-state index is 0.0683. The third-order valence-corrected chi connectivity index (χ3v) is 2.14. The Bertz CT molecular complexity index is 498. The quantitative estimate of drug-likeness (QED) is 0.651. The molecule has 0 spiro atoms. The maximum absolute atomic E-state index is 12.1. The second kappa shape index (κ2) is 5.82. The monoisotopic (exact) mass is 256 g/mol. The highest BCUT2D eigenvalue weighted by atomic mass is 19.3. The highest BCUT2D eigenvalue weighted by Gasteiger charge is 2.15. The number of hydrogen-bond donors (Lipinski definition) is 1. The van der Waals surface area contributed by atoms with Crippen LogP contribution in [-0.2, 0) is 16.0 Å². The van der Waals surface area contributed by atoms with Gasteiger partial charge in [0.1, 0.15) is 0 Å². The maximum atomic E-state index is 12.1. The number of halogens is 2. The smallest absolute Gasteiger partial charge is 0.387 e. The highest BCUT2D eigenvalue weighted by molar-refractivity contribution is 5.76. The van der Waals surface area contributed by atoms with Crippen molar-refractivity contribution < 1.29 is 23.0 Å². The first-order valence-corrected chi connectivity index (χ1v) is 4.82. The summed E-state index contributed by atoms with van der Waals surface area (Å²) in [5.74, 6) is -0.928. The van der Waals surface area contributed by atoms with Gasteiger partial charge in [0.15, 0.2) is 5.75 Å². The number of carbonyl (C=O) groups is 1. The molecular weight excluding hydrogens is 246 g/mol. The summed E-state index contributed by atoms with van der Waals surface area (Å²) in [7, 11) is 1.18. The van der Waals surface area contributed by atoms with E-state index in [1.165, 1.54) is 13.2 Å². The molecule has 0 heterocycles. The van der Waals surface area contributed by atoms with Gasteiger partial charge in [-0.05, 0) is 11.6 Å². The van der Waals surface area contributed by atoms with E-state index in [4.69, 9.17) is 11.0 Å². The summed E-state index contributed by atoms with van der Waals surface area (Å²) in [6.07, 6.45) is -0.225. The lowest BCUT2D eigenvalue weighted by Gasteiger charge is -2.11. The number of ether oxygens (including phenoxy) is 2. The van der Waals surface area contributed by atoms with Crippen LogP contribution in [0.1, 0.15) is 11.1 Å². The van der Waals surface area contributed by atoms with Gasteiger partial charge in [-0.2, -0.15) is 14.0 Å². The topological polar surface area (TPSA) is 85.3 Å². The SMILES string of the molecule is COC(=O)Cc1cc(C#N)cc(OC(F)F)c1N. The molecule has 0 saturated carbocycles. The van der Waals surface area contributed by atoms with Gasteiger partial charge in [-0.25, -0.2) is 0 Å². The molecule has 2 N–H and O–H groups in total. The van der Waals surface area contributed by atoms with Crippen LogP contribution in [0.5, 0.6) is 5.75 Å². The predicted molar refractivity (Wildman–Crippen MR) is 57.9 cm³/mol. The molecule has 96 valence electrons. The van der Waals surface area contributed by atoms with Crippen LogP contribution in [0.25, 0.3) is 0 Å². The Balaban J connectivity index is 3.17. The number of anilines is 1. The van der Waals surface area contributed by atoms with Gasteiger partial charge in [0, 0.05) is 6.07 Å². The van der Waals surface area contributed by atoms with Crippen molar-refractivity contribution in [1.29, 1.82) is 5.26 Å². The summed E-state index contributed by atoms with van der Waals surface area (Å²) in [6.45, 7) is -3.06. The van der Waals surface area contributed by atoms with Gasteiger partial charge in [0.2, 0.25) is 0 Å². The van der Waals surface area contributed by atoms with Crippen LogP contribution in [0.4, 0.5) is 14.5 Å². The Kier molecular flexibility index (Phi) is 4.43. The fourth-order valence-electron chi connectivity index (χ4n) is 1.32. The number of nitrogens with two attached hydrogens (primary N) is 1. The van der Waals surface area contributed by atoms with Gasteiger partial charge in [-0.3, -0.25) is 4.79 Å². The van der Waals surface area contributed by atoms with Crippen LogP contribution in [0.15, 0.2) is 12.1 Å². The number of benzene rings is 1. The van der Waals surface area contributed by atoms with E-state index in [-0.39, 0.29) is 29.0 Å². The summed E-state index contributed by atoms with van der Waals surface area (Å²) in [5, 5.41) is 8.75. The fourth-order valence-corrected chi connectivity index (χ4v) is 1.32. The van der Waals surface area contributed by atoms with Crippen LogP contribution in [-0.4, -0.2) is 19.7 Å². The number of nitrogen functional groups attached to an aromatic ring is 1. The number of nitriles is 1. The standard InChI is InChI=1S/C11H10F2N2O3/c1-17-9(16)4-7-2-6(5-14)3-8(10(7)15)18-11(12)13/h2-3,11H,4,15H2,1H3. The number of hydrogen-bond acceptors (Lipinski definition) is 5. The van der Waals surface area contributed by atoms with Crippen molar-refractivity contribution in [3.63, 3.8) is 0 Å². The lowest BCUT2D eigenvalue weighted by molar-refractivity contribution is -0.139. The molecule has 5 nitrogen and oxygen atoms in total. The molecule has 1 rings (SSSR count). The van der Waals surface area contributed by atoms with Gasteiger partial charge in [0.25, 0.3) is 0 Å². The van der Waals surface area contributed by atoms with E-state index >= 15 is 0 Å². The number of rotatable bonds is 4. The van der Waals surface area contributed by atoms with Crippen molar-refractivity contribution in [3.05, 3.63) is 23.3 Å². The molecule has 0 radical (unpaired) electrons. The Morgan fingerprint density at radius 3 is 2.72 bits per heavy atom. The molecule has 0 unspecified atom stereocenters. The summed E-state index contributed by atoms with van der Waals surface area (Å²) in [6, 6.07) is 4.18. The molecular formula is C11H10F2N2O3. The highest BCUT2D eigenvalue weighted by Crippen LogP contribution is 2.29. The summed E-state index contributed by atoms with van der Waals surface area (Å²) in [5.41, 5.74) is 5.74. The van der Waals surface area contributed by atoms with Crippen molar-refractivity contribution >= 4 is 11.7 Å². The average Bonchev–Trinajstić information content (AvgIpc) is 2.33. The number of nitrogens with zero attached hydrogens (tertiary/aromatic N) is 1. The third kappa shape index (κ3) is 3.31. The summed E-state index contributed by atoms with van der Waals surface area (Å²) >= 11 is 0. The molecule has 0 aliphatic heterocycles. The minimum atomic E-state index is -3.06. The van der Waals surface area contributed by atoms with E-state index in [0.717, 1.165) is 6.07 Å². The van der Waals surface area contributed by atoms with Crippen molar-refractivity contribution in [3.8, 4) is 11.8 Å². The molecule has 1 aromatic carbocycles. The zero-order chi connectivity index (χ0) is 13.7. The van der Waals surface area contributed by atoms with E-state index in [0.29, 0.717) is 0 Å². The normalized spacial score (nSPS) is 9.94. The Morgan fingerprint density at radius 1 is 1.56 bits per heavy atom. The fraction of sp³-hybridized carbons (Fsp3) is 0.273. The summed E-state index contributed by atoms with van der Waals surface area (Å²) in [4.78, 5) is 11.1. The molecule has 7 heteroatoms. The predicted octanol–water partition coefficient (Wildman–Crippen LogP) is 1.46. The van der Waals surface area contributed by atoms with Gasteiger partial charge in [0.05, 0.1) is 30.9 Å². The van der Waals surface area contributed by atoms with E-state index in [9.17, 15) is 13.6 Å². The average molecular weight is 256 g/mol. The zero-order valence-corrected chi connectivity index (χ0v) is 9.44. The van der Waals surface area contributed by atoms with Crippen molar-refractivity contribution in [2.75, 3.05) is 12.8 Å². The first-order valence-electron chi connectivity index (χ1n) is 4.82. The molecule has 0 aromatic heterocycles. The molecule has 1 aromatic rings. The largest absolute Gasteiger partial charge is 0.469 e. The van der Waals surface area contributed by atoms with Gasteiger partial charge >= 0.3 is 12.6 Å². The van der Waals surface area contributed by atoms with E-state index in [1.807, 2.05) is 0 Å². The van der Waals surface area contributed by atoms with Crippen LogP contribution < -0.4 is 10.5 Å². The van der Waals surface area contributed by atoms with Gasteiger partial charge in [-0.15, -0.1) is 0 Å². The molecule has 0 saturated heterocycles. The number of methoxy groups -OCH3 is 1. The second-order valence-electron chi connectivity index (χ2n) is 3.29. The first-order chi connectivity index (χ1) is 8.47. The lowest BCUT2D eigenvalue weighted by Crippen LogP contribution is -2.10. The molecule has 18 heavy (non-hydrogen) atoms. The van der Waals surface area contributed by atoms with Gasteiger partial charge < -0.3 is 15.2 Å². The zero-order valence-electron chi connectivity index (χ0n) is 9.44. The van der Waals surface area contributed by atoms with Crippen LogP contribution in [0, 0.1) is 11.3 Å². The van der Waals surface area contributed by atoms with Crippen molar-refractivity contribution in [2.45, 2.75) is 13.0 Å². The Labute approximate surface area is 102 Å². The Morgan fingerprint density at radius 2 is 2.22 bits per heavy atom. The minimum Gasteiger partial charge on any atom is -0.469 e. The van der Waals surface area contributed by atoms with Gasteiger partial charge in [-0.1, -0.05) is 0 Å². The number of carbonyl (C=O) groups excluding carboxylic acids is 1. The molecule has 0 fully saturated rings.